The lowest BCUT2D eigenvalue weighted by molar-refractivity contribution is 0.246. The Hall–Kier alpha value is -0.810. The largest absolute Gasteiger partial charge is 0.492 e. The molecule has 2 atom stereocenters. The summed E-state index contributed by atoms with van der Waals surface area (Å²) in [6, 6.07) is 4.00. The molecule has 0 fully saturated rings. The van der Waals surface area contributed by atoms with Crippen LogP contribution in [0.1, 0.15) is 41.7 Å². The quantitative estimate of drug-likeness (QED) is 0.858. The number of hydrogen-bond donors (Lipinski definition) is 1. The van der Waals surface area contributed by atoms with Crippen LogP contribution in [0, 0.1) is 6.92 Å². The van der Waals surface area contributed by atoms with Gasteiger partial charge in [0.05, 0.1) is 17.7 Å². The van der Waals surface area contributed by atoms with E-state index in [0.717, 1.165) is 28.4 Å². The van der Waals surface area contributed by atoms with Crippen LogP contribution in [0.2, 0.25) is 10.0 Å². The maximum Gasteiger partial charge on any atom is 0.142 e. The predicted molar refractivity (Wildman–Crippen MR) is 87.7 cm³/mol. The molecule has 0 saturated carbocycles. The van der Waals surface area contributed by atoms with Crippen LogP contribution in [0.25, 0.3) is 0 Å². The number of hydrogen-bond acceptors (Lipinski definition) is 4. The van der Waals surface area contributed by atoms with E-state index in [0.29, 0.717) is 16.7 Å². The normalized spacial score (nSPS) is 19.0. The van der Waals surface area contributed by atoms with Gasteiger partial charge in [0.2, 0.25) is 0 Å². The zero-order valence-corrected chi connectivity index (χ0v) is 14.1. The van der Waals surface area contributed by atoms with Crippen LogP contribution >= 0.6 is 34.5 Å². The molecule has 0 radical (unpaired) electrons. The summed E-state index contributed by atoms with van der Waals surface area (Å²) >= 11 is 14.0. The average Bonchev–Trinajstić information content (AvgIpc) is 2.86. The molecule has 3 nitrogen and oxygen atoms in total. The average molecular weight is 343 g/mol. The third kappa shape index (κ3) is 3.19. The van der Waals surface area contributed by atoms with Crippen molar-refractivity contribution in [2.24, 2.45) is 0 Å². The van der Waals surface area contributed by atoms with E-state index in [1.165, 1.54) is 0 Å². The molecule has 0 amide bonds. The lowest BCUT2D eigenvalue weighted by Gasteiger charge is -2.29. The first-order chi connectivity index (χ1) is 10.0. The molecule has 2 unspecified atom stereocenters. The van der Waals surface area contributed by atoms with E-state index in [1.54, 1.807) is 17.4 Å². The second kappa shape index (κ2) is 6.13. The maximum atomic E-state index is 6.22. The van der Waals surface area contributed by atoms with Crippen LogP contribution in [-0.2, 0) is 0 Å². The van der Waals surface area contributed by atoms with E-state index < -0.39 is 0 Å². The highest BCUT2D eigenvalue weighted by Crippen LogP contribution is 2.40. The van der Waals surface area contributed by atoms with Crippen molar-refractivity contribution in [3.05, 3.63) is 43.8 Å². The summed E-state index contributed by atoms with van der Waals surface area (Å²) in [5.74, 6) is 0.743. The van der Waals surface area contributed by atoms with E-state index in [-0.39, 0.29) is 12.1 Å². The van der Waals surface area contributed by atoms with E-state index in [2.05, 4.69) is 22.6 Å². The lowest BCUT2D eigenvalue weighted by atomic mass is 9.99. The fourth-order valence-electron chi connectivity index (χ4n) is 2.54. The van der Waals surface area contributed by atoms with Crippen LogP contribution in [0.4, 0.5) is 0 Å². The molecule has 21 heavy (non-hydrogen) atoms. The fraction of sp³-hybridized carbons (Fsp3) is 0.400. The number of fused-ring (bicyclic) bond motifs is 1. The van der Waals surface area contributed by atoms with Gasteiger partial charge in [0, 0.05) is 34.1 Å². The van der Waals surface area contributed by atoms with Gasteiger partial charge in [-0.1, -0.05) is 23.2 Å². The topological polar surface area (TPSA) is 34.1 Å². The number of halogens is 2. The second-order valence-corrected chi connectivity index (χ2v) is 6.94. The predicted octanol–water partition coefficient (Wildman–Crippen LogP) is 4.93. The Morgan fingerprint density at radius 2 is 2.24 bits per heavy atom. The number of nitrogens with zero attached hydrogens (tertiary/aromatic N) is 1. The molecule has 2 heterocycles. The summed E-state index contributed by atoms with van der Waals surface area (Å²) in [4.78, 5) is 4.54. The summed E-state index contributed by atoms with van der Waals surface area (Å²) in [5, 5.41) is 7.97. The Labute approximate surface area is 138 Å². The Bertz CT molecular complexity index is 659. The van der Waals surface area contributed by atoms with Crippen molar-refractivity contribution < 1.29 is 4.74 Å². The van der Waals surface area contributed by atoms with Gasteiger partial charge in [-0.15, -0.1) is 11.3 Å². The number of aryl methyl sites for hydroxylation is 1. The van der Waals surface area contributed by atoms with Crippen LogP contribution in [0.15, 0.2) is 17.5 Å². The third-order valence-electron chi connectivity index (χ3n) is 3.52. The molecule has 2 aromatic rings. The Kier molecular flexibility index (Phi) is 4.41. The highest BCUT2D eigenvalue weighted by Gasteiger charge is 2.26. The van der Waals surface area contributed by atoms with Gasteiger partial charge in [0.1, 0.15) is 10.8 Å². The van der Waals surface area contributed by atoms with Crippen molar-refractivity contribution in [3.63, 3.8) is 0 Å². The Morgan fingerprint density at radius 3 is 2.95 bits per heavy atom. The molecule has 1 aromatic heterocycles. The molecule has 1 aromatic carbocycles. The highest BCUT2D eigenvalue weighted by atomic mass is 35.5. The molecule has 112 valence electrons. The van der Waals surface area contributed by atoms with Gasteiger partial charge in [-0.25, -0.2) is 4.98 Å². The number of ether oxygens (including phenoxy) is 1. The number of nitrogens with one attached hydrogen (secondary N) is 1. The molecular weight excluding hydrogens is 327 g/mol. The second-order valence-electron chi connectivity index (χ2n) is 5.21. The first-order valence-corrected chi connectivity index (χ1v) is 8.48. The van der Waals surface area contributed by atoms with Crippen molar-refractivity contribution in [1.82, 2.24) is 10.3 Å². The molecule has 0 bridgehead atoms. The summed E-state index contributed by atoms with van der Waals surface area (Å²) in [6.07, 6.45) is 0.887. The molecule has 0 aliphatic carbocycles. The zero-order valence-electron chi connectivity index (χ0n) is 11.8. The summed E-state index contributed by atoms with van der Waals surface area (Å²) in [7, 11) is 0. The van der Waals surface area contributed by atoms with Gasteiger partial charge in [-0.05, 0) is 26.0 Å². The van der Waals surface area contributed by atoms with Gasteiger partial charge in [0.15, 0.2) is 0 Å². The van der Waals surface area contributed by atoms with Crippen molar-refractivity contribution in [3.8, 4) is 5.75 Å². The Morgan fingerprint density at radius 1 is 1.43 bits per heavy atom. The summed E-state index contributed by atoms with van der Waals surface area (Å²) in [6.45, 7) is 4.78. The molecular formula is C15H16Cl2N2OS. The maximum absolute atomic E-state index is 6.22. The minimum atomic E-state index is 0.171. The molecule has 0 saturated heterocycles. The van der Waals surface area contributed by atoms with Crippen LogP contribution in [-0.4, -0.2) is 11.6 Å². The van der Waals surface area contributed by atoms with Crippen molar-refractivity contribution >= 4 is 34.5 Å². The molecule has 1 N–H and O–H groups in total. The molecule has 3 rings (SSSR count). The van der Waals surface area contributed by atoms with Gasteiger partial charge in [-0.2, -0.15) is 0 Å². The minimum absolute atomic E-state index is 0.171. The molecule has 1 aliphatic rings. The van der Waals surface area contributed by atoms with Gasteiger partial charge in [0.25, 0.3) is 0 Å². The zero-order chi connectivity index (χ0) is 15.0. The molecule has 0 spiro atoms. The summed E-state index contributed by atoms with van der Waals surface area (Å²) in [5.41, 5.74) is 2.08. The SMILES string of the molecule is Cc1csc(C(C)NC2CCOc3c(Cl)cc(Cl)cc32)n1. The van der Waals surface area contributed by atoms with Crippen LogP contribution in [0.5, 0.6) is 5.75 Å². The van der Waals surface area contributed by atoms with Crippen LogP contribution < -0.4 is 10.1 Å². The monoisotopic (exact) mass is 342 g/mol. The van der Waals surface area contributed by atoms with Crippen LogP contribution in [0.3, 0.4) is 0 Å². The van der Waals surface area contributed by atoms with E-state index in [9.17, 15) is 0 Å². The third-order valence-corrected chi connectivity index (χ3v) is 5.17. The fourth-order valence-corrected chi connectivity index (χ4v) is 3.92. The molecule has 1 aliphatic heterocycles. The first-order valence-electron chi connectivity index (χ1n) is 6.84. The number of rotatable bonds is 3. The van der Waals surface area contributed by atoms with E-state index in [1.807, 2.05) is 13.0 Å². The van der Waals surface area contributed by atoms with E-state index >= 15 is 0 Å². The first kappa shape index (κ1) is 15.1. The number of aromatic nitrogens is 1. The standard InChI is InChI=1S/C15H16Cl2N2OS/c1-8-7-21-15(18-8)9(2)19-13-3-4-20-14-11(13)5-10(16)6-12(14)17/h5-7,9,13,19H,3-4H2,1-2H3. The smallest absolute Gasteiger partial charge is 0.142 e. The van der Waals surface area contributed by atoms with Crippen molar-refractivity contribution in [2.45, 2.75) is 32.4 Å². The Balaban J connectivity index is 1.85. The van der Waals surface area contributed by atoms with E-state index in [4.69, 9.17) is 27.9 Å². The van der Waals surface area contributed by atoms with Gasteiger partial charge in [-0.3, -0.25) is 0 Å². The van der Waals surface area contributed by atoms with Gasteiger partial charge < -0.3 is 10.1 Å². The van der Waals surface area contributed by atoms with Crippen molar-refractivity contribution in [2.75, 3.05) is 6.61 Å². The minimum Gasteiger partial charge on any atom is -0.492 e. The highest BCUT2D eigenvalue weighted by molar-refractivity contribution is 7.09. The number of thiazole rings is 1. The van der Waals surface area contributed by atoms with Crippen molar-refractivity contribution in [1.29, 1.82) is 0 Å². The number of benzene rings is 1. The lowest BCUT2D eigenvalue weighted by Crippen LogP contribution is -2.29. The van der Waals surface area contributed by atoms with Gasteiger partial charge >= 0.3 is 0 Å². The summed E-state index contributed by atoms with van der Waals surface area (Å²) < 4.78 is 5.69. The molecule has 6 heteroatoms.